The number of nitrogens with zero attached hydrogens (tertiary/aromatic N) is 7. The molecule has 9 nitrogen and oxygen atoms in total. The summed E-state index contributed by atoms with van der Waals surface area (Å²) in [4.78, 5) is 21.8. The third-order valence-electron chi connectivity index (χ3n) is 6.47. The number of halogens is 2. The number of anilines is 1. The number of aromatic nitrogens is 5. The quantitative estimate of drug-likeness (QED) is 0.362. The molecule has 4 aromatic rings. The summed E-state index contributed by atoms with van der Waals surface area (Å²) in [6.45, 7) is 4.98. The summed E-state index contributed by atoms with van der Waals surface area (Å²) in [7, 11) is -1.49. The van der Waals surface area contributed by atoms with Crippen molar-refractivity contribution in [2.75, 3.05) is 43.9 Å². The zero-order valence-corrected chi connectivity index (χ0v) is 21.4. The zero-order chi connectivity index (χ0) is 26.2. The van der Waals surface area contributed by atoms with Crippen molar-refractivity contribution in [1.29, 1.82) is 0 Å². The van der Waals surface area contributed by atoms with Gasteiger partial charge in [0.25, 0.3) is 0 Å². The van der Waals surface area contributed by atoms with Gasteiger partial charge in [-0.05, 0) is 19.5 Å². The summed E-state index contributed by atoms with van der Waals surface area (Å²) < 4.78 is 57.0. The van der Waals surface area contributed by atoms with E-state index >= 15 is 8.78 Å². The zero-order valence-electron chi connectivity index (χ0n) is 20.6. The highest BCUT2D eigenvalue weighted by atomic mass is 32.2. The van der Waals surface area contributed by atoms with Crippen molar-refractivity contribution in [2.45, 2.75) is 19.1 Å². The van der Waals surface area contributed by atoms with E-state index in [1.165, 1.54) is 17.0 Å². The molecule has 0 aliphatic carbocycles. The monoisotopic (exact) mass is 527 g/mol. The van der Waals surface area contributed by atoms with Crippen LogP contribution in [0.4, 0.5) is 14.7 Å². The number of hydrogen-bond donors (Lipinski definition) is 0. The minimum absolute atomic E-state index is 0.0767. The van der Waals surface area contributed by atoms with E-state index in [4.69, 9.17) is 4.98 Å². The molecule has 1 fully saturated rings. The molecule has 37 heavy (non-hydrogen) atoms. The van der Waals surface area contributed by atoms with Gasteiger partial charge in [0.1, 0.15) is 23.3 Å². The van der Waals surface area contributed by atoms with E-state index in [0.29, 0.717) is 34.5 Å². The average molecular weight is 528 g/mol. The lowest BCUT2D eigenvalue weighted by Gasteiger charge is -2.32. The summed E-state index contributed by atoms with van der Waals surface area (Å²) in [6, 6.07) is 2.27. The Morgan fingerprint density at radius 3 is 2.46 bits per heavy atom. The van der Waals surface area contributed by atoms with Crippen molar-refractivity contribution in [2.24, 2.45) is 0 Å². The number of rotatable bonds is 7. The summed E-state index contributed by atoms with van der Waals surface area (Å²) in [6.07, 6.45) is 8.12. The van der Waals surface area contributed by atoms with Gasteiger partial charge in [0.05, 0.1) is 23.2 Å². The Morgan fingerprint density at radius 2 is 1.76 bits per heavy atom. The maximum atomic E-state index is 15.7. The molecule has 0 N–H and O–H groups in total. The Kier molecular flexibility index (Phi) is 6.86. The fraction of sp³-hybridized carbons (Fsp3) is 0.360. The fourth-order valence-corrected chi connectivity index (χ4v) is 5.99. The topological polar surface area (TPSA) is 97.1 Å². The number of sulfone groups is 1. The van der Waals surface area contributed by atoms with Crippen molar-refractivity contribution in [3.05, 3.63) is 60.4 Å². The second-order valence-corrected chi connectivity index (χ2v) is 11.4. The van der Waals surface area contributed by atoms with Crippen LogP contribution in [-0.4, -0.2) is 76.8 Å². The molecule has 0 bridgehead atoms. The normalized spacial score (nSPS) is 15.0. The third kappa shape index (κ3) is 5.03. The van der Waals surface area contributed by atoms with Gasteiger partial charge in [-0.15, -0.1) is 0 Å². The van der Waals surface area contributed by atoms with Crippen LogP contribution in [-0.2, 0) is 15.6 Å². The predicted molar refractivity (Wildman–Crippen MR) is 137 cm³/mol. The van der Waals surface area contributed by atoms with E-state index in [0.717, 1.165) is 32.2 Å². The van der Waals surface area contributed by atoms with Gasteiger partial charge < -0.3 is 14.4 Å². The van der Waals surface area contributed by atoms with Crippen LogP contribution in [0.25, 0.3) is 27.8 Å². The molecule has 1 aliphatic heterocycles. The highest BCUT2D eigenvalue weighted by molar-refractivity contribution is 7.90. The lowest BCUT2D eigenvalue weighted by atomic mass is 10.1. The molecular weight excluding hydrogens is 500 g/mol. The van der Waals surface area contributed by atoms with E-state index in [9.17, 15) is 8.42 Å². The van der Waals surface area contributed by atoms with Crippen molar-refractivity contribution < 1.29 is 17.2 Å². The summed E-state index contributed by atoms with van der Waals surface area (Å²) in [5, 5.41) is 0. The number of hydrogen-bond acceptors (Lipinski definition) is 8. The Morgan fingerprint density at radius 1 is 1.03 bits per heavy atom. The summed E-state index contributed by atoms with van der Waals surface area (Å²) >= 11 is 0. The molecule has 3 aromatic heterocycles. The van der Waals surface area contributed by atoms with Crippen LogP contribution < -0.4 is 4.90 Å². The minimum atomic E-state index is -3.54. The number of benzene rings is 1. The van der Waals surface area contributed by atoms with E-state index in [2.05, 4.69) is 31.8 Å². The van der Waals surface area contributed by atoms with Gasteiger partial charge in [-0.3, -0.25) is 0 Å². The first-order chi connectivity index (χ1) is 17.8. The molecule has 4 heterocycles. The van der Waals surface area contributed by atoms with Gasteiger partial charge in [0, 0.05) is 61.5 Å². The van der Waals surface area contributed by atoms with Gasteiger partial charge in [-0.2, -0.15) is 0 Å². The van der Waals surface area contributed by atoms with E-state index in [-0.39, 0.29) is 17.0 Å². The third-order valence-corrected chi connectivity index (χ3v) is 8.25. The molecule has 0 atom stereocenters. The minimum Gasteiger partial charge on any atom is -0.338 e. The van der Waals surface area contributed by atoms with E-state index in [1.54, 1.807) is 31.7 Å². The van der Waals surface area contributed by atoms with Crippen LogP contribution in [0.5, 0.6) is 0 Å². The maximum absolute atomic E-state index is 15.7. The van der Waals surface area contributed by atoms with Gasteiger partial charge in [0.15, 0.2) is 15.7 Å². The maximum Gasteiger partial charge on any atom is 0.226 e. The van der Waals surface area contributed by atoms with Crippen LogP contribution in [0, 0.1) is 11.6 Å². The molecule has 0 unspecified atom stereocenters. The second-order valence-electron chi connectivity index (χ2n) is 9.20. The predicted octanol–water partition coefficient (Wildman–Crippen LogP) is 3.23. The van der Waals surface area contributed by atoms with Gasteiger partial charge in [-0.1, -0.05) is 13.0 Å². The highest BCUT2D eigenvalue weighted by Crippen LogP contribution is 2.34. The van der Waals surface area contributed by atoms with Crippen LogP contribution in [0.2, 0.25) is 0 Å². The molecule has 1 aliphatic rings. The molecule has 0 amide bonds. The Bertz CT molecular complexity index is 1540. The van der Waals surface area contributed by atoms with Crippen LogP contribution in [0.1, 0.15) is 18.9 Å². The lowest BCUT2D eigenvalue weighted by molar-refractivity contribution is 0.311. The second kappa shape index (κ2) is 10.1. The molecule has 0 saturated carbocycles. The Labute approximate surface area is 213 Å². The average Bonchev–Trinajstić information content (AvgIpc) is 3.25. The van der Waals surface area contributed by atoms with Gasteiger partial charge in [-0.25, -0.2) is 37.1 Å². The molecule has 5 rings (SSSR count). The van der Waals surface area contributed by atoms with Crippen molar-refractivity contribution >= 4 is 26.8 Å². The summed E-state index contributed by atoms with van der Waals surface area (Å²) in [5.74, 6) is -1.83. The van der Waals surface area contributed by atoms with E-state index in [1.807, 2.05) is 0 Å². The molecule has 12 heteroatoms. The van der Waals surface area contributed by atoms with Gasteiger partial charge >= 0.3 is 0 Å². The number of fused-ring (bicyclic) bond motifs is 1. The number of piperazine rings is 1. The Balaban J connectivity index is 1.67. The SMILES string of the molecule is CCCS(=O)(=O)Cc1ccc(F)c(-n2cc(-c3cncnc3)c3nc(N4CCN(C)CC4)ncc32)c1F. The molecule has 0 spiro atoms. The first kappa shape index (κ1) is 25.2. The van der Waals surface area contributed by atoms with E-state index < -0.39 is 27.2 Å². The molecule has 1 saturated heterocycles. The standard InChI is InChI=1S/C25H27F2N7O2S/c1-3-10-37(35,36)15-17-4-5-20(26)24(22(17)27)34-14-19(18-11-28-16-29-12-18)23-21(34)13-30-25(31-23)33-8-6-32(2)7-9-33/h4-5,11-14,16H,3,6-10,15H2,1-2H3. The van der Waals surface area contributed by atoms with Crippen molar-refractivity contribution in [3.8, 4) is 16.8 Å². The van der Waals surface area contributed by atoms with Crippen molar-refractivity contribution in [1.82, 2.24) is 29.4 Å². The molecule has 0 radical (unpaired) electrons. The first-order valence-electron chi connectivity index (χ1n) is 12.0. The smallest absolute Gasteiger partial charge is 0.226 e. The molecule has 194 valence electrons. The fourth-order valence-electron chi connectivity index (χ4n) is 4.53. The lowest BCUT2D eigenvalue weighted by Crippen LogP contribution is -2.45. The van der Waals surface area contributed by atoms with Gasteiger partial charge in [0.2, 0.25) is 5.95 Å². The van der Waals surface area contributed by atoms with Crippen molar-refractivity contribution in [3.63, 3.8) is 0 Å². The highest BCUT2D eigenvalue weighted by Gasteiger charge is 2.24. The van der Waals surface area contributed by atoms with Crippen LogP contribution >= 0.6 is 0 Å². The largest absolute Gasteiger partial charge is 0.338 e. The van der Waals surface area contributed by atoms with Crippen LogP contribution in [0.3, 0.4) is 0 Å². The first-order valence-corrected chi connectivity index (χ1v) is 13.8. The molecular formula is C25H27F2N7O2S. The van der Waals surface area contributed by atoms with Crippen LogP contribution in [0.15, 0.2) is 43.2 Å². The number of likely N-dealkylation sites (N-methyl/N-ethyl adjacent to an activating group) is 1. The molecule has 1 aromatic carbocycles. The Hall–Kier alpha value is -3.51. The summed E-state index contributed by atoms with van der Waals surface area (Å²) in [5.41, 5.74) is 1.59.